The van der Waals surface area contributed by atoms with Gasteiger partial charge in [0, 0.05) is 5.92 Å². The number of nitrogens with two attached hydrogens (primary N) is 1. The van der Waals surface area contributed by atoms with Gasteiger partial charge in [0.2, 0.25) is 11.8 Å². The average molecular weight is 256 g/mol. The number of primary amides is 1. The first-order chi connectivity index (χ1) is 8.40. The van der Waals surface area contributed by atoms with Crippen molar-refractivity contribution in [1.82, 2.24) is 5.32 Å². The van der Waals surface area contributed by atoms with Crippen LogP contribution in [0.25, 0.3) is 0 Å². The van der Waals surface area contributed by atoms with Gasteiger partial charge in [-0.15, -0.1) is 0 Å². The first kappa shape index (κ1) is 14.5. The summed E-state index contributed by atoms with van der Waals surface area (Å²) in [5.74, 6) is -1.77. The van der Waals surface area contributed by atoms with Gasteiger partial charge in [-0.3, -0.25) is 9.59 Å². The zero-order chi connectivity index (χ0) is 13.7. The molecule has 1 atom stereocenters. The van der Waals surface area contributed by atoms with Crippen molar-refractivity contribution in [3.05, 3.63) is 0 Å². The van der Waals surface area contributed by atoms with Gasteiger partial charge in [-0.25, -0.2) is 4.79 Å². The Morgan fingerprint density at radius 3 is 2.28 bits per heavy atom. The number of rotatable bonds is 5. The van der Waals surface area contributed by atoms with E-state index in [0.29, 0.717) is 5.92 Å². The summed E-state index contributed by atoms with van der Waals surface area (Å²) in [6.07, 6.45) is 3.13. The number of aliphatic carboxylic acids is 1. The molecule has 18 heavy (non-hydrogen) atoms. The highest BCUT2D eigenvalue weighted by molar-refractivity contribution is 5.88. The number of hydrogen-bond donors (Lipinski definition) is 3. The van der Waals surface area contributed by atoms with E-state index in [4.69, 9.17) is 10.8 Å². The molecular formula is C12H20N2O4. The predicted molar refractivity (Wildman–Crippen MR) is 64.5 cm³/mol. The summed E-state index contributed by atoms with van der Waals surface area (Å²) in [5.41, 5.74) is 4.95. The van der Waals surface area contributed by atoms with Gasteiger partial charge in [-0.1, -0.05) is 6.92 Å². The van der Waals surface area contributed by atoms with Crippen molar-refractivity contribution in [2.24, 2.45) is 17.6 Å². The molecule has 0 bridgehead atoms. The second kappa shape index (κ2) is 6.37. The standard InChI is InChI=1S/C12H20N2O4/c1-7-2-4-8(5-3-7)11(16)14-9(12(17)18)6-10(13)15/h7-9H,2-6H2,1H3,(H2,13,15)(H,14,16)(H,17,18). The molecule has 1 saturated carbocycles. The molecule has 0 heterocycles. The van der Waals surface area contributed by atoms with Gasteiger partial charge >= 0.3 is 5.97 Å². The topological polar surface area (TPSA) is 109 Å². The van der Waals surface area contributed by atoms with Crippen molar-refractivity contribution in [3.63, 3.8) is 0 Å². The monoisotopic (exact) mass is 256 g/mol. The molecule has 0 aromatic carbocycles. The van der Waals surface area contributed by atoms with E-state index in [1.54, 1.807) is 0 Å². The second-order valence-corrected chi connectivity index (χ2v) is 5.03. The molecule has 6 heteroatoms. The molecule has 1 aliphatic rings. The molecule has 4 N–H and O–H groups in total. The Balaban J connectivity index is 2.50. The number of carbonyl (C=O) groups is 3. The van der Waals surface area contributed by atoms with Gasteiger partial charge in [0.15, 0.2) is 0 Å². The number of nitrogens with one attached hydrogen (secondary N) is 1. The van der Waals surface area contributed by atoms with Gasteiger partial charge in [-0.2, -0.15) is 0 Å². The fraction of sp³-hybridized carbons (Fsp3) is 0.750. The molecule has 1 unspecified atom stereocenters. The lowest BCUT2D eigenvalue weighted by Gasteiger charge is -2.26. The van der Waals surface area contributed by atoms with Crippen LogP contribution in [-0.4, -0.2) is 28.9 Å². The highest BCUT2D eigenvalue weighted by atomic mass is 16.4. The largest absolute Gasteiger partial charge is 0.480 e. The maximum absolute atomic E-state index is 11.9. The van der Waals surface area contributed by atoms with Crippen molar-refractivity contribution < 1.29 is 19.5 Å². The van der Waals surface area contributed by atoms with Crippen LogP contribution in [0.2, 0.25) is 0 Å². The van der Waals surface area contributed by atoms with Crippen molar-refractivity contribution in [1.29, 1.82) is 0 Å². The summed E-state index contributed by atoms with van der Waals surface area (Å²) in [5, 5.41) is 11.3. The molecule has 1 aliphatic carbocycles. The van der Waals surface area contributed by atoms with Crippen molar-refractivity contribution in [2.45, 2.75) is 45.1 Å². The maximum Gasteiger partial charge on any atom is 0.326 e. The quantitative estimate of drug-likeness (QED) is 0.655. The summed E-state index contributed by atoms with van der Waals surface area (Å²) < 4.78 is 0. The van der Waals surface area contributed by atoms with E-state index in [1.165, 1.54) is 0 Å². The Labute approximate surface area is 106 Å². The third-order valence-electron chi connectivity index (χ3n) is 3.41. The molecular weight excluding hydrogens is 236 g/mol. The highest BCUT2D eigenvalue weighted by Gasteiger charge is 2.28. The van der Waals surface area contributed by atoms with Crippen LogP contribution in [0.1, 0.15) is 39.0 Å². The molecule has 0 radical (unpaired) electrons. The number of carbonyl (C=O) groups excluding carboxylic acids is 2. The fourth-order valence-electron chi connectivity index (χ4n) is 2.21. The number of amides is 2. The number of hydrogen-bond acceptors (Lipinski definition) is 3. The minimum absolute atomic E-state index is 0.143. The van der Waals surface area contributed by atoms with Gasteiger partial charge in [0.05, 0.1) is 6.42 Å². The number of carboxylic acid groups (broad SMARTS) is 1. The summed E-state index contributed by atoms with van der Waals surface area (Å²) in [4.78, 5) is 33.5. The third-order valence-corrected chi connectivity index (χ3v) is 3.41. The van der Waals surface area contributed by atoms with Crippen LogP contribution in [0.15, 0.2) is 0 Å². The lowest BCUT2D eigenvalue weighted by molar-refractivity contribution is -0.144. The Morgan fingerprint density at radius 1 is 1.28 bits per heavy atom. The Hall–Kier alpha value is -1.59. The summed E-state index contributed by atoms with van der Waals surface area (Å²) in [6.45, 7) is 2.14. The zero-order valence-corrected chi connectivity index (χ0v) is 10.5. The van der Waals surface area contributed by atoms with Crippen LogP contribution >= 0.6 is 0 Å². The van der Waals surface area contributed by atoms with E-state index < -0.39 is 17.9 Å². The van der Waals surface area contributed by atoms with Gasteiger partial charge in [0.25, 0.3) is 0 Å². The van der Waals surface area contributed by atoms with Crippen molar-refractivity contribution >= 4 is 17.8 Å². The van der Waals surface area contributed by atoms with E-state index in [1.807, 2.05) is 0 Å². The fourth-order valence-corrected chi connectivity index (χ4v) is 2.21. The Bertz CT molecular complexity index is 335. The first-order valence-electron chi connectivity index (χ1n) is 6.21. The first-order valence-corrected chi connectivity index (χ1v) is 6.21. The predicted octanol–water partition coefficient (Wildman–Crippen LogP) is 0.258. The molecule has 0 aromatic rings. The third kappa shape index (κ3) is 4.35. The molecule has 0 saturated heterocycles. The molecule has 0 aliphatic heterocycles. The molecule has 1 rings (SSSR count). The van der Waals surface area contributed by atoms with Crippen molar-refractivity contribution in [3.8, 4) is 0 Å². The van der Waals surface area contributed by atoms with Gasteiger partial charge in [0.1, 0.15) is 6.04 Å². The Kier molecular flexibility index (Phi) is 5.12. The van der Waals surface area contributed by atoms with E-state index >= 15 is 0 Å². The van der Waals surface area contributed by atoms with Crippen molar-refractivity contribution in [2.75, 3.05) is 0 Å². The van der Waals surface area contributed by atoms with Crippen LogP contribution in [0.4, 0.5) is 0 Å². The lowest BCUT2D eigenvalue weighted by Crippen LogP contribution is -2.46. The number of carboxylic acids is 1. The normalized spacial score (nSPS) is 25.2. The van der Waals surface area contributed by atoms with E-state index in [9.17, 15) is 14.4 Å². The lowest BCUT2D eigenvalue weighted by atomic mass is 9.82. The minimum Gasteiger partial charge on any atom is -0.480 e. The van der Waals surface area contributed by atoms with E-state index in [0.717, 1.165) is 25.7 Å². The SMILES string of the molecule is CC1CCC(C(=O)NC(CC(N)=O)C(=O)O)CC1. The second-order valence-electron chi connectivity index (χ2n) is 5.03. The van der Waals surface area contributed by atoms with E-state index in [2.05, 4.69) is 12.2 Å². The summed E-state index contributed by atoms with van der Waals surface area (Å²) >= 11 is 0. The summed E-state index contributed by atoms with van der Waals surface area (Å²) in [6, 6.07) is -1.21. The van der Waals surface area contributed by atoms with Gasteiger partial charge in [-0.05, 0) is 31.6 Å². The smallest absolute Gasteiger partial charge is 0.326 e. The molecule has 2 amide bonds. The average Bonchev–Trinajstić information content (AvgIpc) is 2.28. The van der Waals surface area contributed by atoms with Crippen LogP contribution in [0.3, 0.4) is 0 Å². The highest BCUT2D eigenvalue weighted by Crippen LogP contribution is 2.28. The Morgan fingerprint density at radius 2 is 1.83 bits per heavy atom. The zero-order valence-electron chi connectivity index (χ0n) is 10.5. The minimum atomic E-state index is -1.23. The molecule has 102 valence electrons. The van der Waals surface area contributed by atoms with E-state index in [-0.39, 0.29) is 18.2 Å². The summed E-state index contributed by atoms with van der Waals surface area (Å²) in [7, 11) is 0. The van der Waals surface area contributed by atoms with Gasteiger partial charge < -0.3 is 16.2 Å². The molecule has 1 fully saturated rings. The van der Waals surface area contributed by atoms with Crippen LogP contribution in [0.5, 0.6) is 0 Å². The molecule has 6 nitrogen and oxygen atoms in total. The molecule has 0 aromatic heterocycles. The van der Waals surface area contributed by atoms with Crippen LogP contribution in [0, 0.1) is 11.8 Å². The van der Waals surface area contributed by atoms with Crippen LogP contribution < -0.4 is 11.1 Å². The maximum atomic E-state index is 11.9. The molecule has 0 spiro atoms. The van der Waals surface area contributed by atoms with Crippen LogP contribution in [-0.2, 0) is 14.4 Å².